The van der Waals surface area contributed by atoms with E-state index in [-0.39, 0.29) is 18.2 Å². The van der Waals surface area contributed by atoms with E-state index in [2.05, 4.69) is 39.4 Å². The summed E-state index contributed by atoms with van der Waals surface area (Å²) in [6.07, 6.45) is -1.08. The summed E-state index contributed by atoms with van der Waals surface area (Å²) in [5, 5.41) is 11.5. The fourth-order valence-corrected chi connectivity index (χ4v) is 5.03. The molecule has 0 N–H and O–H groups in total. The molecule has 39 heavy (non-hydrogen) atoms. The van der Waals surface area contributed by atoms with Gasteiger partial charge in [-0.15, -0.1) is 10.2 Å². The average Bonchev–Trinajstić information content (AvgIpc) is 3.39. The topological polar surface area (TPSA) is 56.1 Å². The molecule has 0 fully saturated rings. The molecule has 1 aliphatic heterocycles. The lowest BCUT2D eigenvalue weighted by molar-refractivity contribution is -0.137. The lowest BCUT2D eigenvalue weighted by Gasteiger charge is -2.48. The predicted octanol–water partition coefficient (Wildman–Crippen LogP) is 6.27. The van der Waals surface area contributed by atoms with Crippen LogP contribution in [0.2, 0.25) is 0 Å². The van der Waals surface area contributed by atoms with Gasteiger partial charge in [0.05, 0.1) is 25.6 Å². The van der Waals surface area contributed by atoms with Crippen LogP contribution in [0.3, 0.4) is 0 Å². The highest BCUT2D eigenvalue weighted by Gasteiger charge is 2.40. The minimum absolute atomic E-state index is 0.228. The lowest BCUT2D eigenvalue weighted by Crippen LogP contribution is -2.49. The van der Waals surface area contributed by atoms with E-state index in [0.29, 0.717) is 0 Å². The molecular weight excluding hydrogens is 510 g/mol. The monoisotopic (exact) mass is 537 g/mol. The van der Waals surface area contributed by atoms with Crippen molar-refractivity contribution >= 4 is 17.8 Å². The SMILES string of the molecule is COc1ccc2c(c1)CCN(c1ccc(F)cc1)C2(C)c1ccc(/C=C/c2nnn(CCC(F)(F)F)n2)cc1. The Hall–Kier alpha value is -4.21. The maximum Gasteiger partial charge on any atom is 0.390 e. The Labute approximate surface area is 223 Å². The number of anilines is 1. The molecule has 3 aromatic carbocycles. The van der Waals surface area contributed by atoms with Gasteiger partial charge in [0, 0.05) is 12.2 Å². The van der Waals surface area contributed by atoms with E-state index in [1.54, 1.807) is 31.4 Å². The summed E-state index contributed by atoms with van der Waals surface area (Å²) in [7, 11) is 1.65. The van der Waals surface area contributed by atoms with E-state index in [9.17, 15) is 17.6 Å². The number of methoxy groups -OCH3 is 1. The molecule has 0 saturated carbocycles. The number of halogens is 4. The lowest BCUT2D eigenvalue weighted by atomic mass is 9.76. The van der Waals surface area contributed by atoms with Gasteiger partial charge in [-0.2, -0.15) is 18.0 Å². The van der Waals surface area contributed by atoms with Gasteiger partial charge in [0.15, 0.2) is 5.82 Å². The summed E-state index contributed by atoms with van der Waals surface area (Å²) < 4.78 is 56.5. The first-order chi connectivity index (χ1) is 18.7. The molecule has 1 aromatic heterocycles. The van der Waals surface area contributed by atoms with Gasteiger partial charge in [0.1, 0.15) is 11.6 Å². The number of rotatable bonds is 7. The second-order valence-corrected chi connectivity index (χ2v) is 9.54. The zero-order valence-electron chi connectivity index (χ0n) is 21.5. The van der Waals surface area contributed by atoms with Gasteiger partial charge >= 0.3 is 6.18 Å². The molecule has 0 radical (unpaired) electrons. The molecule has 0 saturated heterocycles. The molecule has 1 unspecified atom stereocenters. The highest BCUT2D eigenvalue weighted by atomic mass is 19.4. The van der Waals surface area contributed by atoms with Crippen LogP contribution < -0.4 is 9.64 Å². The van der Waals surface area contributed by atoms with E-state index < -0.39 is 18.1 Å². The number of aromatic nitrogens is 4. The van der Waals surface area contributed by atoms with Crippen LogP contribution in [0.4, 0.5) is 23.2 Å². The van der Waals surface area contributed by atoms with E-state index in [1.807, 2.05) is 30.3 Å². The maximum absolute atomic E-state index is 13.7. The van der Waals surface area contributed by atoms with Gasteiger partial charge in [-0.1, -0.05) is 36.4 Å². The summed E-state index contributed by atoms with van der Waals surface area (Å²) >= 11 is 0. The predicted molar refractivity (Wildman–Crippen MR) is 141 cm³/mol. The van der Waals surface area contributed by atoms with Crippen LogP contribution in [0.25, 0.3) is 12.2 Å². The molecule has 0 aliphatic carbocycles. The summed E-state index contributed by atoms with van der Waals surface area (Å²) in [5.74, 6) is 0.746. The summed E-state index contributed by atoms with van der Waals surface area (Å²) in [6, 6.07) is 20.7. The first-order valence-electron chi connectivity index (χ1n) is 12.5. The first kappa shape index (κ1) is 26.4. The van der Waals surface area contributed by atoms with Crippen molar-refractivity contribution in [2.24, 2.45) is 0 Å². The number of fused-ring (bicyclic) bond motifs is 1. The van der Waals surface area contributed by atoms with Crippen LogP contribution in [0, 0.1) is 5.82 Å². The molecule has 4 aromatic rings. The Morgan fingerprint density at radius 2 is 1.74 bits per heavy atom. The molecule has 5 rings (SSSR count). The van der Waals surface area contributed by atoms with Crippen molar-refractivity contribution in [3.05, 3.63) is 101 Å². The molecule has 0 spiro atoms. The van der Waals surface area contributed by atoms with Crippen molar-refractivity contribution in [2.75, 3.05) is 18.6 Å². The van der Waals surface area contributed by atoms with Gasteiger partial charge in [-0.3, -0.25) is 0 Å². The van der Waals surface area contributed by atoms with Crippen molar-refractivity contribution < 1.29 is 22.3 Å². The van der Waals surface area contributed by atoms with Crippen molar-refractivity contribution in [3.63, 3.8) is 0 Å². The largest absolute Gasteiger partial charge is 0.497 e. The number of hydrogen-bond acceptors (Lipinski definition) is 5. The second kappa shape index (κ2) is 10.5. The summed E-state index contributed by atoms with van der Waals surface area (Å²) in [5.41, 5.74) is 4.63. The number of aryl methyl sites for hydroxylation is 1. The Morgan fingerprint density at radius 1 is 1.00 bits per heavy atom. The van der Waals surface area contributed by atoms with Gasteiger partial charge in [-0.05, 0) is 83.3 Å². The highest BCUT2D eigenvalue weighted by Crippen LogP contribution is 2.44. The number of tetrazole rings is 1. The zero-order valence-corrected chi connectivity index (χ0v) is 21.5. The fraction of sp³-hybridized carbons (Fsp3) is 0.276. The quantitative estimate of drug-likeness (QED) is 0.260. The zero-order chi connectivity index (χ0) is 27.6. The third kappa shape index (κ3) is 5.64. The highest BCUT2D eigenvalue weighted by molar-refractivity contribution is 5.67. The third-order valence-corrected chi connectivity index (χ3v) is 7.08. The minimum Gasteiger partial charge on any atom is -0.497 e. The molecule has 6 nitrogen and oxygen atoms in total. The van der Waals surface area contributed by atoms with Crippen LogP contribution in [0.1, 0.15) is 41.4 Å². The number of ether oxygens (including phenoxy) is 1. The molecule has 10 heteroatoms. The van der Waals surface area contributed by atoms with E-state index in [4.69, 9.17) is 4.74 Å². The number of hydrogen-bond donors (Lipinski definition) is 0. The smallest absolute Gasteiger partial charge is 0.390 e. The van der Waals surface area contributed by atoms with Crippen molar-refractivity contribution in [1.82, 2.24) is 20.2 Å². The van der Waals surface area contributed by atoms with Gasteiger partial charge in [0.2, 0.25) is 0 Å². The average molecular weight is 538 g/mol. The number of alkyl halides is 3. The van der Waals surface area contributed by atoms with E-state index in [0.717, 1.165) is 45.9 Å². The van der Waals surface area contributed by atoms with E-state index >= 15 is 0 Å². The van der Waals surface area contributed by atoms with Crippen molar-refractivity contribution in [1.29, 1.82) is 0 Å². The molecule has 0 bridgehead atoms. The van der Waals surface area contributed by atoms with Gasteiger partial charge in [-0.25, -0.2) is 4.39 Å². The van der Waals surface area contributed by atoms with Crippen LogP contribution in [-0.4, -0.2) is 40.0 Å². The number of nitrogens with zero attached hydrogens (tertiary/aromatic N) is 5. The molecule has 2 heterocycles. The molecule has 1 aliphatic rings. The van der Waals surface area contributed by atoms with Crippen molar-refractivity contribution in [2.45, 2.75) is 38.0 Å². The normalized spacial score (nSPS) is 17.4. The first-order valence-corrected chi connectivity index (χ1v) is 12.5. The Balaban J connectivity index is 1.43. The van der Waals surface area contributed by atoms with E-state index in [1.165, 1.54) is 17.7 Å². The Bertz CT molecular complexity index is 1460. The minimum atomic E-state index is -4.28. The third-order valence-electron chi connectivity index (χ3n) is 7.08. The Morgan fingerprint density at radius 3 is 2.44 bits per heavy atom. The molecule has 1 atom stereocenters. The molecule has 0 amide bonds. The standard InChI is InChI=1S/C29H27F4N5O/c1-28(22-6-3-20(4-7-22)5-14-27-34-36-38(35-27)18-16-29(31,32)33)26-13-12-25(39-2)19-21(26)15-17-37(28)24-10-8-23(30)9-11-24/h3-14,19H,15-18H2,1-2H3/b14-5+. The molecule has 202 valence electrons. The fourth-order valence-electron chi connectivity index (χ4n) is 5.03. The van der Waals surface area contributed by atoms with Crippen LogP contribution in [0.15, 0.2) is 66.7 Å². The van der Waals surface area contributed by atoms with Crippen LogP contribution >= 0.6 is 0 Å². The van der Waals surface area contributed by atoms with Crippen LogP contribution in [-0.2, 0) is 18.5 Å². The van der Waals surface area contributed by atoms with Crippen LogP contribution in [0.5, 0.6) is 5.75 Å². The van der Waals surface area contributed by atoms with Gasteiger partial charge in [0.25, 0.3) is 0 Å². The van der Waals surface area contributed by atoms with Gasteiger partial charge < -0.3 is 9.64 Å². The number of benzene rings is 3. The summed E-state index contributed by atoms with van der Waals surface area (Å²) in [6.45, 7) is 2.52. The molecular formula is C29H27F4N5O. The maximum atomic E-state index is 13.7. The Kier molecular flexibility index (Phi) is 7.12. The second-order valence-electron chi connectivity index (χ2n) is 9.54. The summed E-state index contributed by atoms with van der Waals surface area (Å²) in [4.78, 5) is 3.23. The van der Waals surface area contributed by atoms with Crippen molar-refractivity contribution in [3.8, 4) is 5.75 Å².